The van der Waals surface area contributed by atoms with Crippen LogP contribution in [-0.2, 0) is 0 Å². The Morgan fingerprint density at radius 3 is 2.50 bits per heavy atom. The normalized spacial score (nSPS) is 14.8. The third-order valence-corrected chi connectivity index (χ3v) is 5.05. The molecule has 0 atom stereocenters. The average molecular weight is 381 g/mol. The van der Waals surface area contributed by atoms with Crippen molar-refractivity contribution in [2.75, 3.05) is 12.4 Å². The minimum Gasteiger partial charge on any atom is -0.495 e. The first-order valence-electron chi connectivity index (χ1n) is 9.79. The lowest BCUT2D eigenvalue weighted by atomic mass is 10.1. The van der Waals surface area contributed by atoms with Crippen LogP contribution in [0.5, 0.6) is 5.75 Å². The molecule has 3 rings (SSSR count). The minimum absolute atomic E-state index is 0.186. The van der Waals surface area contributed by atoms with Crippen LogP contribution in [0.2, 0.25) is 0 Å². The highest BCUT2D eigenvalue weighted by Crippen LogP contribution is 2.25. The SMILES string of the molecule is COc1ccc(C)cc1NC(=O)c1ccnc(C(=O)NC2CCCCCC2)c1. The summed E-state index contributed by atoms with van der Waals surface area (Å²) in [6, 6.07) is 8.88. The molecule has 1 aliphatic carbocycles. The highest BCUT2D eigenvalue weighted by atomic mass is 16.5. The second kappa shape index (κ2) is 9.35. The lowest BCUT2D eigenvalue weighted by Gasteiger charge is -2.16. The van der Waals surface area contributed by atoms with Gasteiger partial charge in [0.2, 0.25) is 0 Å². The quantitative estimate of drug-likeness (QED) is 0.764. The van der Waals surface area contributed by atoms with E-state index in [1.165, 1.54) is 25.1 Å². The van der Waals surface area contributed by atoms with Gasteiger partial charge in [-0.3, -0.25) is 14.6 Å². The molecule has 6 nitrogen and oxygen atoms in total. The molecule has 1 aromatic heterocycles. The van der Waals surface area contributed by atoms with Gasteiger partial charge in [-0.1, -0.05) is 31.7 Å². The third kappa shape index (κ3) is 5.09. The van der Waals surface area contributed by atoms with Crippen LogP contribution in [0.1, 0.15) is 64.9 Å². The summed E-state index contributed by atoms with van der Waals surface area (Å²) in [7, 11) is 1.56. The zero-order valence-corrected chi connectivity index (χ0v) is 16.5. The maximum absolute atomic E-state index is 12.7. The first kappa shape index (κ1) is 19.9. The van der Waals surface area contributed by atoms with Gasteiger partial charge in [-0.05, 0) is 49.6 Å². The molecule has 1 saturated carbocycles. The molecule has 0 spiro atoms. The lowest BCUT2D eigenvalue weighted by molar-refractivity contribution is 0.0928. The molecule has 28 heavy (non-hydrogen) atoms. The summed E-state index contributed by atoms with van der Waals surface area (Å²) < 4.78 is 5.30. The van der Waals surface area contributed by atoms with Gasteiger partial charge in [-0.2, -0.15) is 0 Å². The van der Waals surface area contributed by atoms with Crippen molar-refractivity contribution in [3.8, 4) is 5.75 Å². The van der Waals surface area contributed by atoms with Crippen LogP contribution in [0.3, 0.4) is 0 Å². The Morgan fingerprint density at radius 2 is 1.79 bits per heavy atom. The summed E-state index contributed by atoms with van der Waals surface area (Å²) in [5.41, 5.74) is 2.24. The van der Waals surface area contributed by atoms with Crippen molar-refractivity contribution < 1.29 is 14.3 Å². The van der Waals surface area contributed by atoms with Gasteiger partial charge >= 0.3 is 0 Å². The molecular weight excluding hydrogens is 354 g/mol. The largest absolute Gasteiger partial charge is 0.495 e. The minimum atomic E-state index is -0.310. The predicted molar refractivity (Wildman–Crippen MR) is 109 cm³/mol. The van der Waals surface area contributed by atoms with Gasteiger partial charge in [-0.25, -0.2) is 0 Å². The van der Waals surface area contributed by atoms with Crippen molar-refractivity contribution >= 4 is 17.5 Å². The Kier molecular flexibility index (Phi) is 6.63. The fourth-order valence-corrected chi connectivity index (χ4v) is 3.49. The summed E-state index contributed by atoms with van der Waals surface area (Å²) in [5.74, 6) is 0.0452. The van der Waals surface area contributed by atoms with Gasteiger partial charge < -0.3 is 15.4 Å². The maximum atomic E-state index is 12.7. The number of nitrogens with zero attached hydrogens (tertiary/aromatic N) is 1. The van der Waals surface area contributed by atoms with E-state index in [1.807, 2.05) is 25.1 Å². The fourth-order valence-electron chi connectivity index (χ4n) is 3.49. The molecule has 148 valence electrons. The van der Waals surface area contributed by atoms with E-state index in [9.17, 15) is 9.59 Å². The topological polar surface area (TPSA) is 80.3 Å². The molecule has 0 aliphatic heterocycles. The molecule has 0 unspecified atom stereocenters. The number of benzene rings is 1. The van der Waals surface area contributed by atoms with E-state index in [4.69, 9.17) is 4.74 Å². The number of amides is 2. The molecule has 6 heteroatoms. The second-order valence-electron chi connectivity index (χ2n) is 7.25. The summed E-state index contributed by atoms with van der Waals surface area (Å²) in [6.07, 6.45) is 8.21. The zero-order chi connectivity index (χ0) is 19.9. The summed E-state index contributed by atoms with van der Waals surface area (Å²) in [6.45, 7) is 1.94. The molecule has 0 bridgehead atoms. The summed E-state index contributed by atoms with van der Waals surface area (Å²) in [4.78, 5) is 29.4. The average Bonchev–Trinajstić information content (AvgIpc) is 2.97. The number of carbonyl (C=O) groups excluding carboxylic acids is 2. The standard InChI is InChI=1S/C22H27N3O3/c1-15-9-10-20(28-2)18(13-15)25-21(26)16-11-12-23-19(14-16)22(27)24-17-7-5-3-4-6-8-17/h9-14,17H,3-8H2,1-2H3,(H,24,27)(H,25,26). The number of hydrogen-bond acceptors (Lipinski definition) is 4. The summed E-state index contributed by atoms with van der Waals surface area (Å²) >= 11 is 0. The molecule has 2 N–H and O–H groups in total. The first-order chi connectivity index (χ1) is 13.6. The number of carbonyl (C=O) groups is 2. The van der Waals surface area contributed by atoms with Gasteiger partial charge in [0.15, 0.2) is 0 Å². The van der Waals surface area contributed by atoms with Crippen LogP contribution in [0.4, 0.5) is 5.69 Å². The zero-order valence-electron chi connectivity index (χ0n) is 16.5. The Bertz CT molecular complexity index is 843. The molecule has 1 fully saturated rings. The van der Waals surface area contributed by atoms with Crippen LogP contribution < -0.4 is 15.4 Å². The molecule has 2 amide bonds. The van der Waals surface area contributed by atoms with E-state index < -0.39 is 0 Å². The van der Waals surface area contributed by atoms with E-state index in [2.05, 4.69) is 15.6 Å². The Labute approximate surface area is 165 Å². The number of anilines is 1. The molecule has 1 aromatic carbocycles. The molecule has 1 aliphatic rings. The van der Waals surface area contributed by atoms with Crippen LogP contribution >= 0.6 is 0 Å². The number of ether oxygens (including phenoxy) is 1. The van der Waals surface area contributed by atoms with Gasteiger partial charge in [0.05, 0.1) is 12.8 Å². The number of hydrogen-bond donors (Lipinski definition) is 2. The van der Waals surface area contributed by atoms with E-state index in [1.54, 1.807) is 13.2 Å². The Morgan fingerprint density at radius 1 is 1.04 bits per heavy atom. The smallest absolute Gasteiger partial charge is 0.270 e. The Hall–Kier alpha value is -2.89. The molecule has 1 heterocycles. The van der Waals surface area contributed by atoms with E-state index in [0.29, 0.717) is 17.0 Å². The molecule has 2 aromatic rings. The van der Waals surface area contributed by atoms with Crippen LogP contribution in [0.15, 0.2) is 36.5 Å². The van der Waals surface area contributed by atoms with Crippen LogP contribution in [0.25, 0.3) is 0 Å². The fraction of sp³-hybridized carbons (Fsp3) is 0.409. The van der Waals surface area contributed by atoms with Crippen molar-refractivity contribution in [1.29, 1.82) is 0 Å². The van der Waals surface area contributed by atoms with E-state index in [0.717, 1.165) is 31.2 Å². The van der Waals surface area contributed by atoms with Gasteiger partial charge in [0.1, 0.15) is 11.4 Å². The highest BCUT2D eigenvalue weighted by Gasteiger charge is 2.18. The maximum Gasteiger partial charge on any atom is 0.270 e. The van der Waals surface area contributed by atoms with Crippen molar-refractivity contribution in [2.24, 2.45) is 0 Å². The third-order valence-electron chi connectivity index (χ3n) is 5.05. The van der Waals surface area contributed by atoms with Crippen LogP contribution in [-0.4, -0.2) is 29.9 Å². The van der Waals surface area contributed by atoms with Crippen molar-refractivity contribution in [3.05, 3.63) is 53.3 Å². The molecule has 0 radical (unpaired) electrons. The number of pyridine rings is 1. The highest BCUT2D eigenvalue weighted by molar-refractivity contribution is 6.06. The van der Waals surface area contributed by atoms with E-state index >= 15 is 0 Å². The first-order valence-corrected chi connectivity index (χ1v) is 9.79. The Balaban J connectivity index is 1.71. The van der Waals surface area contributed by atoms with Crippen molar-refractivity contribution in [2.45, 2.75) is 51.5 Å². The van der Waals surface area contributed by atoms with Crippen molar-refractivity contribution in [3.63, 3.8) is 0 Å². The lowest BCUT2D eigenvalue weighted by Crippen LogP contribution is -2.35. The summed E-state index contributed by atoms with van der Waals surface area (Å²) in [5, 5.41) is 5.91. The van der Waals surface area contributed by atoms with E-state index in [-0.39, 0.29) is 23.6 Å². The van der Waals surface area contributed by atoms with Gasteiger partial charge in [0, 0.05) is 17.8 Å². The molecular formula is C22H27N3O3. The number of nitrogens with one attached hydrogen (secondary N) is 2. The van der Waals surface area contributed by atoms with Gasteiger partial charge in [-0.15, -0.1) is 0 Å². The number of rotatable bonds is 5. The molecule has 0 saturated heterocycles. The predicted octanol–water partition coefficient (Wildman–Crippen LogP) is 4.10. The number of aromatic nitrogens is 1. The van der Waals surface area contributed by atoms with Gasteiger partial charge in [0.25, 0.3) is 11.8 Å². The van der Waals surface area contributed by atoms with Crippen molar-refractivity contribution in [1.82, 2.24) is 10.3 Å². The number of methoxy groups -OCH3 is 1. The number of aryl methyl sites for hydroxylation is 1. The van der Waals surface area contributed by atoms with Crippen LogP contribution in [0, 0.1) is 6.92 Å². The monoisotopic (exact) mass is 381 g/mol. The second-order valence-corrected chi connectivity index (χ2v) is 7.25.